The van der Waals surface area contributed by atoms with Crippen molar-refractivity contribution < 1.29 is 10.0 Å². The van der Waals surface area contributed by atoms with Crippen LogP contribution in [0, 0.1) is 16.0 Å². The molecule has 2 rings (SSSR count). The molecule has 6 nitrogen and oxygen atoms in total. The van der Waals surface area contributed by atoms with Gasteiger partial charge in [-0.3, -0.25) is 10.1 Å². The number of pyridine rings is 1. The molecular weight excluding hydrogens is 258 g/mol. The molecule has 2 atom stereocenters. The Bertz CT molecular complexity index is 455. The zero-order valence-corrected chi connectivity index (χ0v) is 10.4. The summed E-state index contributed by atoms with van der Waals surface area (Å²) in [5.41, 5.74) is -0.0870. The Kier molecular flexibility index (Phi) is 3.98. The number of nitrogens with zero attached hydrogens (tertiary/aromatic N) is 2. The van der Waals surface area contributed by atoms with E-state index in [9.17, 15) is 15.2 Å². The summed E-state index contributed by atoms with van der Waals surface area (Å²) < 4.78 is 0. The van der Waals surface area contributed by atoms with Crippen LogP contribution in [0.5, 0.6) is 0 Å². The highest BCUT2D eigenvalue weighted by Crippen LogP contribution is 2.29. The normalized spacial score (nSPS) is 23.0. The third kappa shape index (κ3) is 2.88. The summed E-state index contributed by atoms with van der Waals surface area (Å²) >= 11 is 5.74. The molecule has 0 spiro atoms. The van der Waals surface area contributed by atoms with E-state index in [1.807, 2.05) is 0 Å². The third-order valence-corrected chi connectivity index (χ3v) is 3.41. The highest BCUT2D eigenvalue weighted by molar-refractivity contribution is 6.29. The first kappa shape index (κ1) is 13.0. The van der Waals surface area contributed by atoms with Gasteiger partial charge >= 0.3 is 0 Å². The van der Waals surface area contributed by atoms with Crippen LogP contribution in [0.25, 0.3) is 0 Å². The number of rotatable bonds is 4. The monoisotopic (exact) mass is 271 g/mol. The van der Waals surface area contributed by atoms with Gasteiger partial charge < -0.3 is 10.4 Å². The van der Waals surface area contributed by atoms with E-state index >= 15 is 0 Å². The van der Waals surface area contributed by atoms with E-state index in [-0.39, 0.29) is 29.4 Å². The summed E-state index contributed by atoms with van der Waals surface area (Å²) in [5, 5.41) is 23.1. The maximum Gasteiger partial charge on any atom is 0.276 e. The molecule has 18 heavy (non-hydrogen) atoms. The van der Waals surface area contributed by atoms with Gasteiger partial charge in [-0.25, -0.2) is 4.98 Å². The van der Waals surface area contributed by atoms with Crippen molar-refractivity contribution in [1.29, 1.82) is 0 Å². The van der Waals surface area contributed by atoms with Crippen molar-refractivity contribution >= 4 is 23.1 Å². The number of anilines is 1. The van der Waals surface area contributed by atoms with Gasteiger partial charge in [-0.2, -0.15) is 0 Å². The molecule has 0 aliphatic heterocycles. The van der Waals surface area contributed by atoms with Crippen LogP contribution in [-0.2, 0) is 0 Å². The average Bonchev–Trinajstić information content (AvgIpc) is 2.75. The Labute approximate surface area is 109 Å². The number of nitrogens with one attached hydrogen (secondary N) is 1. The van der Waals surface area contributed by atoms with Crippen molar-refractivity contribution in [2.75, 3.05) is 11.9 Å². The summed E-state index contributed by atoms with van der Waals surface area (Å²) in [6, 6.07) is 2.67. The Hall–Kier alpha value is -1.40. The number of halogens is 1. The molecule has 7 heteroatoms. The van der Waals surface area contributed by atoms with Crippen molar-refractivity contribution in [2.45, 2.75) is 25.3 Å². The van der Waals surface area contributed by atoms with Crippen LogP contribution in [0.1, 0.15) is 19.3 Å². The fourth-order valence-electron chi connectivity index (χ4n) is 2.30. The topological polar surface area (TPSA) is 88.3 Å². The van der Waals surface area contributed by atoms with Crippen LogP contribution in [0.3, 0.4) is 0 Å². The number of nitro groups is 1. The molecule has 1 saturated carbocycles. The molecule has 1 aromatic heterocycles. The molecular formula is C11H14ClN3O3. The zero-order chi connectivity index (χ0) is 13.1. The lowest BCUT2D eigenvalue weighted by Crippen LogP contribution is -2.26. The molecule has 0 bridgehead atoms. The Morgan fingerprint density at radius 3 is 3.00 bits per heavy atom. The van der Waals surface area contributed by atoms with Gasteiger partial charge in [0.05, 0.1) is 17.1 Å². The second kappa shape index (κ2) is 5.49. The first-order valence-electron chi connectivity index (χ1n) is 5.79. The highest BCUT2D eigenvalue weighted by atomic mass is 35.5. The molecule has 1 aromatic rings. The van der Waals surface area contributed by atoms with Crippen LogP contribution in [-0.4, -0.2) is 27.7 Å². The van der Waals surface area contributed by atoms with Crippen molar-refractivity contribution in [2.24, 2.45) is 5.92 Å². The van der Waals surface area contributed by atoms with Crippen molar-refractivity contribution in [1.82, 2.24) is 4.98 Å². The highest BCUT2D eigenvalue weighted by Gasteiger charge is 2.27. The number of aliphatic hydroxyl groups is 1. The SMILES string of the molecule is O=[N+]([O-])c1cc(Cl)nc(NC2CCCC2CO)c1. The molecule has 1 heterocycles. The Balaban J connectivity index is 2.16. The number of hydrogen-bond acceptors (Lipinski definition) is 5. The standard InChI is InChI=1S/C11H14ClN3O3/c12-10-4-8(15(17)18)5-11(14-10)13-9-3-1-2-7(9)6-16/h4-5,7,9,16H,1-3,6H2,(H,13,14). The molecule has 0 amide bonds. The van der Waals surface area contributed by atoms with E-state index in [0.717, 1.165) is 19.3 Å². The van der Waals surface area contributed by atoms with Crippen molar-refractivity contribution in [3.8, 4) is 0 Å². The van der Waals surface area contributed by atoms with Crippen molar-refractivity contribution in [3.63, 3.8) is 0 Å². The first-order chi connectivity index (χ1) is 8.60. The van der Waals surface area contributed by atoms with Gasteiger partial charge in [-0.05, 0) is 12.8 Å². The first-order valence-corrected chi connectivity index (χ1v) is 6.17. The van der Waals surface area contributed by atoms with Gasteiger partial charge in [0, 0.05) is 18.6 Å². The molecule has 1 fully saturated rings. The van der Waals surface area contributed by atoms with Crippen LogP contribution >= 0.6 is 11.6 Å². The van der Waals surface area contributed by atoms with E-state index in [4.69, 9.17) is 11.6 Å². The lowest BCUT2D eigenvalue weighted by Gasteiger charge is -2.19. The van der Waals surface area contributed by atoms with E-state index in [2.05, 4.69) is 10.3 Å². The molecule has 0 saturated heterocycles. The molecule has 98 valence electrons. The summed E-state index contributed by atoms with van der Waals surface area (Å²) in [4.78, 5) is 14.2. The van der Waals surface area contributed by atoms with Gasteiger partial charge in [0.25, 0.3) is 5.69 Å². The number of aliphatic hydroxyl groups excluding tert-OH is 1. The molecule has 2 N–H and O–H groups in total. The molecule has 1 aliphatic rings. The largest absolute Gasteiger partial charge is 0.396 e. The van der Waals surface area contributed by atoms with Gasteiger partial charge in [0.1, 0.15) is 11.0 Å². The minimum atomic E-state index is -0.503. The predicted molar refractivity (Wildman–Crippen MR) is 67.7 cm³/mol. The van der Waals surface area contributed by atoms with Gasteiger partial charge in [-0.15, -0.1) is 0 Å². The van der Waals surface area contributed by atoms with E-state index in [1.54, 1.807) is 0 Å². The fraction of sp³-hybridized carbons (Fsp3) is 0.545. The second-order valence-electron chi connectivity index (χ2n) is 4.41. The molecule has 1 aliphatic carbocycles. The van der Waals surface area contributed by atoms with Crippen LogP contribution < -0.4 is 5.32 Å². The zero-order valence-electron chi connectivity index (χ0n) is 9.67. The Morgan fingerprint density at radius 1 is 1.56 bits per heavy atom. The molecule has 0 aromatic carbocycles. The minimum Gasteiger partial charge on any atom is -0.396 e. The smallest absolute Gasteiger partial charge is 0.276 e. The summed E-state index contributed by atoms with van der Waals surface area (Å²) in [5.74, 6) is 0.560. The van der Waals surface area contributed by atoms with E-state index in [0.29, 0.717) is 5.82 Å². The van der Waals surface area contributed by atoms with Crippen LogP contribution in [0.2, 0.25) is 5.15 Å². The quantitative estimate of drug-likeness (QED) is 0.498. The maximum atomic E-state index is 10.7. The summed E-state index contributed by atoms with van der Waals surface area (Å²) in [6.45, 7) is 0.111. The molecule has 0 radical (unpaired) electrons. The number of hydrogen-bond donors (Lipinski definition) is 2. The van der Waals surface area contributed by atoms with Crippen LogP contribution in [0.4, 0.5) is 11.5 Å². The van der Waals surface area contributed by atoms with Crippen LogP contribution in [0.15, 0.2) is 12.1 Å². The predicted octanol–water partition coefficient (Wildman–Crippen LogP) is 2.22. The Morgan fingerprint density at radius 2 is 2.33 bits per heavy atom. The average molecular weight is 272 g/mol. The summed E-state index contributed by atoms with van der Waals surface area (Å²) in [7, 11) is 0. The van der Waals surface area contributed by atoms with E-state index in [1.165, 1.54) is 12.1 Å². The van der Waals surface area contributed by atoms with Gasteiger partial charge in [0.15, 0.2) is 0 Å². The summed E-state index contributed by atoms with van der Waals surface area (Å²) in [6.07, 6.45) is 2.91. The minimum absolute atomic E-state index is 0.0870. The third-order valence-electron chi connectivity index (χ3n) is 3.22. The number of aromatic nitrogens is 1. The van der Waals surface area contributed by atoms with Gasteiger partial charge in [-0.1, -0.05) is 18.0 Å². The van der Waals surface area contributed by atoms with Crippen molar-refractivity contribution in [3.05, 3.63) is 27.4 Å². The maximum absolute atomic E-state index is 10.7. The lowest BCUT2D eigenvalue weighted by molar-refractivity contribution is -0.384. The lowest BCUT2D eigenvalue weighted by atomic mass is 10.1. The fourth-order valence-corrected chi connectivity index (χ4v) is 2.50. The second-order valence-corrected chi connectivity index (χ2v) is 4.80. The van der Waals surface area contributed by atoms with E-state index < -0.39 is 4.92 Å². The molecule has 2 unspecified atom stereocenters. The van der Waals surface area contributed by atoms with Gasteiger partial charge in [0.2, 0.25) is 0 Å².